The summed E-state index contributed by atoms with van der Waals surface area (Å²) in [5.74, 6) is 0.650. The maximum atomic E-state index is 11.5. The number of hydrogen-bond donors (Lipinski definition) is 1. The molecule has 2 bridgehead atoms. The number of benzene rings is 2. The average molecular weight is 410 g/mol. The molecule has 1 aliphatic heterocycles. The summed E-state index contributed by atoms with van der Waals surface area (Å²) in [6, 6.07) is 13.9. The lowest BCUT2D eigenvalue weighted by Crippen LogP contribution is -2.30. The number of carboxylic acids is 1. The van der Waals surface area contributed by atoms with Crippen LogP contribution in [0.15, 0.2) is 42.5 Å². The fourth-order valence-corrected chi connectivity index (χ4v) is 4.25. The molecule has 1 N–H and O–H groups in total. The second kappa shape index (κ2) is 11.2. The molecular weight excluding hydrogens is 374 g/mol. The number of ether oxygens (including phenoxy) is 1. The third-order valence-corrected chi connectivity index (χ3v) is 6.15. The van der Waals surface area contributed by atoms with Crippen LogP contribution in [-0.2, 0) is 13.0 Å². The second-order valence-electron chi connectivity index (χ2n) is 8.45. The van der Waals surface area contributed by atoms with Gasteiger partial charge in [0.05, 0.1) is 12.2 Å². The number of aromatic carboxylic acids is 1. The molecule has 0 saturated carbocycles. The van der Waals surface area contributed by atoms with E-state index in [1.165, 1.54) is 30.4 Å². The van der Waals surface area contributed by atoms with Crippen molar-refractivity contribution in [3.05, 3.63) is 64.7 Å². The van der Waals surface area contributed by atoms with Crippen LogP contribution in [0.25, 0.3) is 0 Å². The molecule has 0 unspecified atom stereocenters. The van der Waals surface area contributed by atoms with Crippen LogP contribution in [0.1, 0.15) is 73.0 Å². The van der Waals surface area contributed by atoms with Gasteiger partial charge in [0, 0.05) is 19.5 Å². The van der Waals surface area contributed by atoms with E-state index in [0.717, 1.165) is 49.7 Å². The van der Waals surface area contributed by atoms with Crippen LogP contribution in [0.3, 0.4) is 0 Å². The van der Waals surface area contributed by atoms with E-state index in [4.69, 9.17) is 4.74 Å². The van der Waals surface area contributed by atoms with E-state index in [0.29, 0.717) is 18.6 Å². The molecular formula is C26H35NO3. The summed E-state index contributed by atoms with van der Waals surface area (Å²) in [5.41, 5.74) is 3.77. The van der Waals surface area contributed by atoms with Crippen molar-refractivity contribution < 1.29 is 14.6 Å². The molecule has 3 rings (SSSR count). The third-order valence-electron chi connectivity index (χ3n) is 6.15. The van der Waals surface area contributed by atoms with Gasteiger partial charge in [-0.05, 0) is 66.6 Å². The normalized spacial score (nSPS) is 15.8. The molecule has 2 aromatic rings. The lowest BCUT2D eigenvalue weighted by molar-refractivity contribution is 0.0696. The molecule has 4 heteroatoms. The predicted octanol–water partition coefficient (Wildman–Crippen LogP) is 5.78. The second-order valence-corrected chi connectivity index (χ2v) is 8.45. The summed E-state index contributed by atoms with van der Waals surface area (Å²) < 4.78 is 6.06. The van der Waals surface area contributed by atoms with E-state index in [1.807, 2.05) is 6.07 Å². The van der Waals surface area contributed by atoms with Gasteiger partial charge in [0.1, 0.15) is 5.75 Å². The minimum absolute atomic E-state index is 0.311. The Morgan fingerprint density at radius 2 is 1.87 bits per heavy atom. The van der Waals surface area contributed by atoms with Crippen molar-refractivity contribution in [3.63, 3.8) is 0 Å². The summed E-state index contributed by atoms with van der Waals surface area (Å²) in [5, 5.41) is 9.40. The van der Waals surface area contributed by atoms with Crippen LogP contribution in [0.2, 0.25) is 0 Å². The Hall–Kier alpha value is -2.33. The highest BCUT2D eigenvalue weighted by molar-refractivity contribution is 5.88. The maximum Gasteiger partial charge on any atom is 0.335 e. The van der Waals surface area contributed by atoms with Gasteiger partial charge in [-0.1, -0.05) is 51.0 Å². The SMILES string of the molecule is CCC(CC)CN1CCCCCOc2ccc(C(=O)O)cc2Cc2cccc(c2)C1. The van der Waals surface area contributed by atoms with E-state index >= 15 is 0 Å². The molecule has 0 spiro atoms. The number of nitrogens with zero attached hydrogens (tertiary/aromatic N) is 1. The van der Waals surface area contributed by atoms with Gasteiger partial charge in [-0.25, -0.2) is 4.79 Å². The molecule has 0 aliphatic carbocycles. The van der Waals surface area contributed by atoms with Crippen LogP contribution >= 0.6 is 0 Å². The first kappa shape index (κ1) is 22.4. The molecule has 1 heterocycles. The summed E-state index contributed by atoms with van der Waals surface area (Å²) in [4.78, 5) is 14.1. The number of hydrogen-bond acceptors (Lipinski definition) is 3. The summed E-state index contributed by atoms with van der Waals surface area (Å²) in [7, 11) is 0. The van der Waals surface area contributed by atoms with Gasteiger partial charge >= 0.3 is 5.97 Å². The molecule has 2 aromatic carbocycles. The topological polar surface area (TPSA) is 49.8 Å². The van der Waals surface area contributed by atoms with Crippen LogP contribution in [-0.4, -0.2) is 35.7 Å². The van der Waals surface area contributed by atoms with E-state index in [9.17, 15) is 9.90 Å². The largest absolute Gasteiger partial charge is 0.493 e. The number of carbonyl (C=O) groups is 1. The van der Waals surface area contributed by atoms with Crippen LogP contribution < -0.4 is 4.74 Å². The van der Waals surface area contributed by atoms with Gasteiger partial charge in [-0.15, -0.1) is 0 Å². The zero-order valence-electron chi connectivity index (χ0n) is 18.4. The summed E-state index contributed by atoms with van der Waals surface area (Å²) in [6.07, 6.45) is 6.46. The zero-order chi connectivity index (χ0) is 21.3. The predicted molar refractivity (Wildman–Crippen MR) is 121 cm³/mol. The highest BCUT2D eigenvalue weighted by Gasteiger charge is 2.14. The van der Waals surface area contributed by atoms with Gasteiger partial charge in [0.15, 0.2) is 0 Å². The van der Waals surface area contributed by atoms with E-state index in [1.54, 1.807) is 12.1 Å². The number of rotatable bonds is 5. The molecule has 162 valence electrons. The molecule has 0 atom stereocenters. The highest BCUT2D eigenvalue weighted by atomic mass is 16.5. The average Bonchev–Trinajstić information content (AvgIpc) is 2.74. The quantitative estimate of drug-likeness (QED) is 0.680. The van der Waals surface area contributed by atoms with Crippen LogP contribution in [0, 0.1) is 5.92 Å². The Labute approximate surface area is 180 Å². The maximum absolute atomic E-state index is 11.5. The van der Waals surface area contributed by atoms with Crippen LogP contribution in [0.5, 0.6) is 5.75 Å². The molecule has 0 fully saturated rings. The fraction of sp³-hybridized carbons (Fsp3) is 0.500. The van der Waals surface area contributed by atoms with Gasteiger partial charge in [0.25, 0.3) is 0 Å². The van der Waals surface area contributed by atoms with E-state index < -0.39 is 5.97 Å². The molecule has 4 nitrogen and oxygen atoms in total. The van der Waals surface area contributed by atoms with Gasteiger partial charge in [-0.2, -0.15) is 0 Å². The molecule has 30 heavy (non-hydrogen) atoms. The summed E-state index contributed by atoms with van der Waals surface area (Å²) >= 11 is 0. The Morgan fingerprint density at radius 3 is 2.63 bits per heavy atom. The van der Waals surface area contributed by atoms with Crippen molar-refractivity contribution >= 4 is 5.97 Å². The monoisotopic (exact) mass is 409 g/mol. The highest BCUT2D eigenvalue weighted by Crippen LogP contribution is 2.25. The minimum atomic E-state index is -0.900. The third kappa shape index (κ3) is 6.33. The van der Waals surface area contributed by atoms with Crippen molar-refractivity contribution in [1.29, 1.82) is 0 Å². The van der Waals surface area contributed by atoms with E-state index in [2.05, 4.69) is 43.0 Å². The van der Waals surface area contributed by atoms with Gasteiger partial charge < -0.3 is 9.84 Å². The van der Waals surface area contributed by atoms with Crippen molar-refractivity contribution in [2.45, 2.75) is 58.9 Å². The van der Waals surface area contributed by atoms with Crippen molar-refractivity contribution in [2.24, 2.45) is 5.92 Å². The minimum Gasteiger partial charge on any atom is -0.493 e. The lowest BCUT2D eigenvalue weighted by atomic mass is 9.99. The first-order valence-corrected chi connectivity index (χ1v) is 11.4. The smallest absolute Gasteiger partial charge is 0.335 e. The lowest BCUT2D eigenvalue weighted by Gasteiger charge is -2.27. The van der Waals surface area contributed by atoms with E-state index in [-0.39, 0.29) is 0 Å². The Bertz CT molecular complexity index is 829. The van der Waals surface area contributed by atoms with Crippen molar-refractivity contribution in [2.75, 3.05) is 19.7 Å². The Balaban J connectivity index is 1.87. The molecule has 1 aliphatic rings. The fourth-order valence-electron chi connectivity index (χ4n) is 4.25. The Morgan fingerprint density at radius 1 is 1.07 bits per heavy atom. The number of fused-ring (bicyclic) bond motifs is 3. The van der Waals surface area contributed by atoms with Crippen molar-refractivity contribution in [3.8, 4) is 5.75 Å². The summed E-state index contributed by atoms with van der Waals surface area (Å²) in [6.45, 7) is 8.50. The molecule has 0 amide bonds. The number of carboxylic acid groups (broad SMARTS) is 1. The first-order chi connectivity index (χ1) is 14.6. The van der Waals surface area contributed by atoms with Crippen molar-refractivity contribution in [1.82, 2.24) is 4.90 Å². The first-order valence-electron chi connectivity index (χ1n) is 11.4. The standard InChI is InChI=1S/C26H35NO3/c1-3-20(4-2)18-27-13-6-5-7-14-30-25-12-11-23(26(28)29)17-24(25)16-21-9-8-10-22(15-21)19-27/h8-12,15,17,20H,3-7,13-14,16,18-19H2,1-2H3,(H,28,29). The molecule has 0 radical (unpaired) electrons. The Kier molecular flexibility index (Phi) is 8.32. The zero-order valence-corrected chi connectivity index (χ0v) is 18.4. The van der Waals surface area contributed by atoms with Gasteiger partial charge in [0.2, 0.25) is 0 Å². The van der Waals surface area contributed by atoms with Gasteiger partial charge in [-0.3, -0.25) is 4.90 Å². The molecule has 0 saturated heterocycles. The van der Waals surface area contributed by atoms with Crippen LogP contribution in [0.4, 0.5) is 0 Å². The molecule has 0 aromatic heterocycles.